The van der Waals surface area contributed by atoms with Crippen LogP contribution in [0, 0.1) is 24.4 Å². The molecule has 1 atom stereocenters. The molecule has 20 heavy (non-hydrogen) atoms. The SMILES string of the molecule is CNC(c1cc(C)c(F)cc1F)c1ccc(F)cc1Br. The Morgan fingerprint density at radius 1 is 1.00 bits per heavy atom. The number of benzene rings is 2. The molecule has 0 fully saturated rings. The summed E-state index contributed by atoms with van der Waals surface area (Å²) >= 11 is 3.27. The average molecular weight is 344 g/mol. The Balaban J connectivity index is 2.55. The van der Waals surface area contributed by atoms with Crippen molar-refractivity contribution in [2.24, 2.45) is 0 Å². The molecule has 1 nitrogen and oxygen atoms in total. The molecule has 2 aromatic rings. The van der Waals surface area contributed by atoms with Crippen molar-refractivity contribution in [3.05, 3.63) is 68.9 Å². The second-order valence-electron chi connectivity index (χ2n) is 4.51. The number of aryl methyl sites for hydroxylation is 1. The zero-order valence-corrected chi connectivity index (χ0v) is 12.6. The van der Waals surface area contributed by atoms with Gasteiger partial charge in [-0.3, -0.25) is 0 Å². The molecule has 2 aromatic carbocycles. The summed E-state index contributed by atoms with van der Waals surface area (Å²) in [6.07, 6.45) is 0. The summed E-state index contributed by atoms with van der Waals surface area (Å²) in [6, 6.07) is 6.02. The molecule has 0 radical (unpaired) electrons. The number of hydrogen-bond donors (Lipinski definition) is 1. The average Bonchev–Trinajstić information content (AvgIpc) is 2.38. The summed E-state index contributed by atoms with van der Waals surface area (Å²) < 4.78 is 41.0. The number of hydrogen-bond acceptors (Lipinski definition) is 1. The van der Waals surface area contributed by atoms with Crippen molar-refractivity contribution in [2.45, 2.75) is 13.0 Å². The standard InChI is InChI=1S/C15H13BrF3N/c1-8-5-11(14(19)7-13(8)18)15(20-2)10-4-3-9(17)6-12(10)16/h3-7,15,20H,1-2H3. The van der Waals surface area contributed by atoms with Crippen molar-refractivity contribution in [1.82, 2.24) is 5.32 Å². The smallest absolute Gasteiger partial charge is 0.131 e. The Morgan fingerprint density at radius 3 is 2.30 bits per heavy atom. The largest absolute Gasteiger partial charge is 0.309 e. The molecule has 106 valence electrons. The number of nitrogens with one attached hydrogen (secondary N) is 1. The van der Waals surface area contributed by atoms with E-state index in [1.165, 1.54) is 18.2 Å². The number of halogens is 4. The van der Waals surface area contributed by atoms with Crippen LogP contribution < -0.4 is 5.32 Å². The minimum absolute atomic E-state index is 0.318. The van der Waals surface area contributed by atoms with Crippen LogP contribution in [0.2, 0.25) is 0 Å². The predicted octanol–water partition coefficient (Wildman–Crippen LogP) is 4.48. The van der Waals surface area contributed by atoms with Crippen LogP contribution in [0.1, 0.15) is 22.7 Å². The molecular weight excluding hydrogens is 331 g/mol. The van der Waals surface area contributed by atoms with Crippen LogP contribution in [-0.4, -0.2) is 7.05 Å². The lowest BCUT2D eigenvalue weighted by Gasteiger charge is -2.20. The first-order chi connectivity index (χ1) is 9.43. The van der Waals surface area contributed by atoms with Crippen LogP contribution in [-0.2, 0) is 0 Å². The minimum atomic E-state index is -0.635. The molecule has 1 unspecified atom stereocenters. The molecule has 0 aromatic heterocycles. The maximum absolute atomic E-state index is 14.0. The van der Waals surface area contributed by atoms with E-state index in [1.54, 1.807) is 20.0 Å². The third kappa shape index (κ3) is 2.88. The summed E-state index contributed by atoms with van der Waals surface area (Å²) in [4.78, 5) is 0. The van der Waals surface area contributed by atoms with Crippen molar-refractivity contribution in [2.75, 3.05) is 7.05 Å². The van der Waals surface area contributed by atoms with Crippen molar-refractivity contribution < 1.29 is 13.2 Å². The van der Waals surface area contributed by atoms with Gasteiger partial charge in [0, 0.05) is 16.1 Å². The second-order valence-corrected chi connectivity index (χ2v) is 5.36. The molecule has 0 spiro atoms. The molecule has 0 aliphatic rings. The Hall–Kier alpha value is -1.33. The first-order valence-corrected chi connectivity index (χ1v) is 6.81. The Kier molecular flexibility index (Phi) is 4.50. The van der Waals surface area contributed by atoms with Gasteiger partial charge in [-0.25, -0.2) is 13.2 Å². The zero-order chi connectivity index (χ0) is 14.9. The van der Waals surface area contributed by atoms with E-state index in [0.29, 0.717) is 21.2 Å². The zero-order valence-electron chi connectivity index (χ0n) is 11.0. The number of rotatable bonds is 3. The maximum atomic E-state index is 14.0. The first kappa shape index (κ1) is 15.1. The Bertz CT molecular complexity index is 643. The van der Waals surface area contributed by atoms with Crippen molar-refractivity contribution in [3.8, 4) is 0 Å². The van der Waals surface area contributed by atoms with Crippen molar-refractivity contribution in [1.29, 1.82) is 0 Å². The van der Waals surface area contributed by atoms with Gasteiger partial charge in [-0.1, -0.05) is 22.0 Å². The van der Waals surface area contributed by atoms with E-state index >= 15 is 0 Å². The lowest BCUT2D eigenvalue weighted by atomic mass is 9.96. The lowest BCUT2D eigenvalue weighted by Crippen LogP contribution is -2.20. The molecule has 1 N–H and O–H groups in total. The highest BCUT2D eigenvalue weighted by Crippen LogP contribution is 2.31. The molecule has 0 aliphatic heterocycles. The fourth-order valence-electron chi connectivity index (χ4n) is 2.11. The maximum Gasteiger partial charge on any atom is 0.131 e. The van der Waals surface area contributed by atoms with E-state index < -0.39 is 17.7 Å². The van der Waals surface area contributed by atoms with E-state index in [-0.39, 0.29) is 5.82 Å². The van der Waals surface area contributed by atoms with E-state index in [2.05, 4.69) is 21.2 Å². The molecule has 0 amide bonds. The highest BCUT2D eigenvalue weighted by molar-refractivity contribution is 9.10. The lowest BCUT2D eigenvalue weighted by molar-refractivity contribution is 0.546. The van der Waals surface area contributed by atoms with Gasteiger partial charge in [0.05, 0.1) is 6.04 Å². The van der Waals surface area contributed by atoms with Crippen LogP contribution in [0.5, 0.6) is 0 Å². The summed E-state index contributed by atoms with van der Waals surface area (Å²) in [7, 11) is 1.67. The van der Waals surface area contributed by atoms with Crippen LogP contribution in [0.25, 0.3) is 0 Å². The molecule has 0 heterocycles. The third-order valence-electron chi connectivity index (χ3n) is 3.15. The summed E-state index contributed by atoms with van der Waals surface area (Å²) in [5.74, 6) is -1.60. The van der Waals surface area contributed by atoms with Crippen LogP contribution in [0.3, 0.4) is 0 Å². The Morgan fingerprint density at radius 2 is 1.70 bits per heavy atom. The van der Waals surface area contributed by atoms with Gasteiger partial charge >= 0.3 is 0 Å². The normalized spacial score (nSPS) is 12.5. The highest BCUT2D eigenvalue weighted by Gasteiger charge is 2.20. The van der Waals surface area contributed by atoms with E-state index in [4.69, 9.17) is 0 Å². The molecule has 0 saturated heterocycles. The fourth-order valence-corrected chi connectivity index (χ4v) is 2.69. The van der Waals surface area contributed by atoms with Gasteiger partial charge in [-0.05, 0) is 43.3 Å². The third-order valence-corrected chi connectivity index (χ3v) is 3.84. The Labute approximate surface area is 123 Å². The molecular formula is C15H13BrF3N. The summed E-state index contributed by atoms with van der Waals surface area (Å²) in [6.45, 7) is 1.57. The van der Waals surface area contributed by atoms with Gasteiger partial charge in [0.1, 0.15) is 17.5 Å². The molecule has 0 aliphatic carbocycles. The van der Waals surface area contributed by atoms with Gasteiger partial charge < -0.3 is 5.32 Å². The van der Waals surface area contributed by atoms with Crippen LogP contribution in [0.15, 0.2) is 34.8 Å². The molecule has 0 saturated carbocycles. The van der Waals surface area contributed by atoms with Gasteiger partial charge in [-0.2, -0.15) is 0 Å². The van der Waals surface area contributed by atoms with Crippen molar-refractivity contribution >= 4 is 15.9 Å². The highest BCUT2D eigenvalue weighted by atomic mass is 79.9. The van der Waals surface area contributed by atoms with Gasteiger partial charge in [0.15, 0.2) is 0 Å². The second kappa shape index (κ2) is 5.97. The van der Waals surface area contributed by atoms with E-state index in [1.807, 2.05) is 0 Å². The first-order valence-electron chi connectivity index (χ1n) is 6.01. The minimum Gasteiger partial charge on any atom is -0.309 e. The fraction of sp³-hybridized carbons (Fsp3) is 0.200. The van der Waals surface area contributed by atoms with Crippen LogP contribution in [0.4, 0.5) is 13.2 Å². The molecule has 5 heteroatoms. The summed E-state index contributed by atoms with van der Waals surface area (Å²) in [5, 5.41) is 2.97. The van der Waals surface area contributed by atoms with E-state index in [9.17, 15) is 13.2 Å². The topological polar surface area (TPSA) is 12.0 Å². The van der Waals surface area contributed by atoms with E-state index in [0.717, 1.165) is 6.07 Å². The van der Waals surface area contributed by atoms with Gasteiger partial charge in [0.2, 0.25) is 0 Å². The quantitative estimate of drug-likeness (QED) is 0.866. The van der Waals surface area contributed by atoms with Crippen LogP contribution >= 0.6 is 15.9 Å². The van der Waals surface area contributed by atoms with Gasteiger partial charge in [0.25, 0.3) is 0 Å². The van der Waals surface area contributed by atoms with Crippen molar-refractivity contribution in [3.63, 3.8) is 0 Å². The molecule has 2 rings (SSSR count). The van der Waals surface area contributed by atoms with Gasteiger partial charge in [-0.15, -0.1) is 0 Å². The predicted molar refractivity (Wildman–Crippen MR) is 76.1 cm³/mol. The summed E-state index contributed by atoms with van der Waals surface area (Å²) in [5.41, 5.74) is 1.36. The molecule has 0 bridgehead atoms. The monoisotopic (exact) mass is 343 g/mol.